The number of pyridine rings is 1. The molecule has 2 N–H and O–H groups in total. The molecule has 1 rings (SSSR count). The second-order valence-electron chi connectivity index (χ2n) is 4.83. The van der Waals surface area contributed by atoms with E-state index in [1.807, 2.05) is 6.92 Å². The van der Waals surface area contributed by atoms with Gasteiger partial charge in [-0.3, -0.25) is 0 Å². The van der Waals surface area contributed by atoms with Crippen molar-refractivity contribution in [2.45, 2.75) is 26.6 Å². The van der Waals surface area contributed by atoms with Crippen molar-refractivity contribution >= 4 is 25.0 Å². The molecule has 0 bridgehead atoms. The summed E-state index contributed by atoms with van der Waals surface area (Å²) in [6.45, 7) is 8.23. The number of nitrogens with zero attached hydrogens (tertiary/aromatic N) is 1. The van der Waals surface area contributed by atoms with Crippen LogP contribution in [0.2, 0.25) is 19.6 Å². The lowest BCUT2D eigenvalue weighted by molar-refractivity contribution is 0.0593. The molecule has 0 aliphatic heterocycles. The molecule has 0 saturated carbocycles. The van der Waals surface area contributed by atoms with Crippen LogP contribution in [0, 0.1) is 6.92 Å². The van der Waals surface area contributed by atoms with E-state index in [9.17, 15) is 4.79 Å². The molecule has 16 heavy (non-hydrogen) atoms. The van der Waals surface area contributed by atoms with Gasteiger partial charge in [0.2, 0.25) is 0 Å². The molecular formula is C11H18N2O2Si. The SMILES string of the molecule is COC(=O)c1nc([Si](C)(C)C)c(N)cc1C. The fourth-order valence-electron chi connectivity index (χ4n) is 1.54. The number of esters is 1. The first kappa shape index (κ1) is 12.7. The van der Waals surface area contributed by atoms with E-state index in [1.165, 1.54) is 7.11 Å². The summed E-state index contributed by atoms with van der Waals surface area (Å²) in [6, 6.07) is 1.80. The van der Waals surface area contributed by atoms with Crippen LogP contribution in [-0.2, 0) is 4.74 Å². The van der Waals surface area contributed by atoms with Crippen LogP contribution in [0.1, 0.15) is 16.1 Å². The fourth-order valence-corrected chi connectivity index (χ4v) is 2.92. The maximum absolute atomic E-state index is 11.5. The summed E-state index contributed by atoms with van der Waals surface area (Å²) < 4.78 is 4.70. The van der Waals surface area contributed by atoms with Gasteiger partial charge in [-0.25, -0.2) is 9.78 Å². The molecule has 0 atom stereocenters. The summed E-state index contributed by atoms with van der Waals surface area (Å²) in [5.41, 5.74) is 7.73. The van der Waals surface area contributed by atoms with Crippen molar-refractivity contribution in [1.82, 2.24) is 4.98 Å². The highest BCUT2D eigenvalue weighted by molar-refractivity contribution is 6.89. The van der Waals surface area contributed by atoms with Crippen LogP contribution in [0.25, 0.3) is 0 Å². The van der Waals surface area contributed by atoms with Crippen LogP contribution >= 0.6 is 0 Å². The summed E-state index contributed by atoms with van der Waals surface area (Å²) in [7, 11) is -0.280. The number of aryl methyl sites for hydroxylation is 1. The molecule has 0 saturated heterocycles. The standard InChI is InChI=1S/C11H18N2O2Si/c1-7-6-8(12)10(16(3,4)5)13-9(7)11(14)15-2/h6H,12H2,1-5H3. The Balaban J connectivity index is 3.39. The van der Waals surface area contributed by atoms with Crippen molar-refractivity contribution in [2.24, 2.45) is 0 Å². The maximum Gasteiger partial charge on any atom is 0.356 e. The third-order valence-electron chi connectivity index (χ3n) is 2.33. The van der Waals surface area contributed by atoms with Gasteiger partial charge < -0.3 is 10.5 Å². The topological polar surface area (TPSA) is 65.2 Å². The minimum Gasteiger partial charge on any atom is -0.464 e. The second-order valence-corrected chi connectivity index (χ2v) is 9.81. The molecule has 88 valence electrons. The third kappa shape index (κ3) is 2.41. The van der Waals surface area contributed by atoms with E-state index >= 15 is 0 Å². The minimum absolute atomic E-state index is 0.370. The Morgan fingerprint density at radius 2 is 2.00 bits per heavy atom. The number of nitrogens with two attached hydrogens (primary N) is 1. The molecule has 5 heteroatoms. The fraction of sp³-hybridized carbons (Fsp3) is 0.455. The number of hydrogen-bond acceptors (Lipinski definition) is 4. The number of ether oxygens (including phenoxy) is 1. The normalized spacial score (nSPS) is 11.3. The van der Waals surface area contributed by atoms with E-state index in [1.54, 1.807) is 6.07 Å². The molecular weight excluding hydrogens is 220 g/mol. The van der Waals surface area contributed by atoms with Gasteiger partial charge in [-0.2, -0.15) is 0 Å². The quantitative estimate of drug-likeness (QED) is 0.623. The van der Waals surface area contributed by atoms with Crippen LogP contribution in [-0.4, -0.2) is 26.1 Å². The second kappa shape index (κ2) is 4.25. The molecule has 0 aromatic carbocycles. The maximum atomic E-state index is 11.5. The van der Waals surface area contributed by atoms with E-state index in [0.717, 1.165) is 10.9 Å². The number of anilines is 1. The molecule has 1 aromatic heterocycles. The molecule has 0 spiro atoms. The van der Waals surface area contributed by atoms with Gasteiger partial charge in [0, 0.05) is 11.0 Å². The first-order valence-corrected chi connectivity index (χ1v) is 8.63. The first-order chi connectivity index (χ1) is 7.27. The Morgan fingerprint density at radius 1 is 1.44 bits per heavy atom. The molecule has 0 aliphatic carbocycles. The van der Waals surface area contributed by atoms with Crippen LogP contribution in [0.5, 0.6) is 0 Å². The minimum atomic E-state index is -1.63. The van der Waals surface area contributed by atoms with E-state index in [2.05, 4.69) is 24.6 Å². The van der Waals surface area contributed by atoms with Gasteiger partial charge in [0.15, 0.2) is 5.69 Å². The zero-order chi connectivity index (χ0) is 12.5. The lowest BCUT2D eigenvalue weighted by Crippen LogP contribution is -2.43. The Morgan fingerprint density at radius 3 is 2.44 bits per heavy atom. The van der Waals surface area contributed by atoms with Crippen molar-refractivity contribution in [1.29, 1.82) is 0 Å². The van der Waals surface area contributed by atoms with Gasteiger partial charge in [0.1, 0.15) is 8.07 Å². The largest absolute Gasteiger partial charge is 0.464 e. The molecule has 0 amide bonds. The highest BCUT2D eigenvalue weighted by Gasteiger charge is 2.24. The van der Waals surface area contributed by atoms with Crippen molar-refractivity contribution in [3.05, 3.63) is 17.3 Å². The van der Waals surface area contributed by atoms with Crippen molar-refractivity contribution in [2.75, 3.05) is 12.8 Å². The van der Waals surface area contributed by atoms with E-state index < -0.39 is 14.0 Å². The summed E-state index contributed by atoms with van der Waals surface area (Å²) >= 11 is 0. The lowest BCUT2D eigenvalue weighted by Gasteiger charge is -2.19. The van der Waals surface area contributed by atoms with Gasteiger partial charge in [-0.05, 0) is 18.6 Å². The third-order valence-corrected chi connectivity index (χ3v) is 4.15. The van der Waals surface area contributed by atoms with Crippen molar-refractivity contribution < 1.29 is 9.53 Å². The Hall–Kier alpha value is -1.36. The average molecular weight is 238 g/mol. The zero-order valence-corrected chi connectivity index (χ0v) is 11.4. The predicted octanol–water partition coefficient (Wildman–Crippen LogP) is 1.30. The molecule has 1 heterocycles. The van der Waals surface area contributed by atoms with E-state index in [4.69, 9.17) is 10.5 Å². The van der Waals surface area contributed by atoms with Gasteiger partial charge in [-0.1, -0.05) is 19.6 Å². The number of carbonyl (C=O) groups is 1. The number of hydrogen-bond donors (Lipinski definition) is 1. The van der Waals surface area contributed by atoms with Gasteiger partial charge in [-0.15, -0.1) is 0 Å². The molecule has 4 nitrogen and oxygen atoms in total. The monoisotopic (exact) mass is 238 g/mol. The van der Waals surface area contributed by atoms with E-state index in [-0.39, 0.29) is 0 Å². The first-order valence-electron chi connectivity index (χ1n) is 5.13. The summed E-state index contributed by atoms with van der Waals surface area (Å²) in [6.07, 6.45) is 0. The Labute approximate surface area is 96.8 Å². The Bertz CT molecular complexity index is 425. The van der Waals surface area contributed by atoms with E-state index in [0.29, 0.717) is 11.4 Å². The van der Waals surface area contributed by atoms with Crippen molar-refractivity contribution in [3.8, 4) is 0 Å². The van der Waals surface area contributed by atoms with Crippen LogP contribution in [0.4, 0.5) is 5.69 Å². The highest BCUT2D eigenvalue weighted by atomic mass is 28.3. The summed E-state index contributed by atoms with van der Waals surface area (Å²) in [5.74, 6) is -0.406. The number of nitrogen functional groups attached to an aromatic ring is 1. The van der Waals surface area contributed by atoms with Crippen molar-refractivity contribution in [3.63, 3.8) is 0 Å². The lowest BCUT2D eigenvalue weighted by atomic mass is 10.2. The van der Waals surface area contributed by atoms with Crippen LogP contribution in [0.3, 0.4) is 0 Å². The van der Waals surface area contributed by atoms with Crippen LogP contribution < -0.4 is 11.1 Å². The van der Waals surface area contributed by atoms with Gasteiger partial charge in [0.25, 0.3) is 0 Å². The van der Waals surface area contributed by atoms with Gasteiger partial charge in [0.05, 0.1) is 7.11 Å². The van der Waals surface area contributed by atoms with Gasteiger partial charge >= 0.3 is 5.97 Å². The number of rotatable bonds is 2. The molecule has 0 radical (unpaired) electrons. The number of methoxy groups -OCH3 is 1. The predicted molar refractivity (Wildman–Crippen MR) is 67.7 cm³/mol. The van der Waals surface area contributed by atoms with Crippen LogP contribution in [0.15, 0.2) is 6.07 Å². The average Bonchev–Trinajstić information content (AvgIpc) is 2.14. The molecule has 1 aromatic rings. The highest BCUT2D eigenvalue weighted by Crippen LogP contribution is 2.13. The summed E-state index contributed by atoms with van der Waals surface area (Å²) in [4.78, 5) is 15.9. The molecule has 0 aliphatic rings. The summed E-state index contributed by atoms with van der Waals surface area (Å²) in [5, 5.41) is 0.860. The smallest absolute Gasteiger partial charge is 0.356 e. The molecule has 0 fully saturated rings. The number of carbonyl (C=O) groups excluding carboxylic acids is 1. The molecule has 0 unspecified atom stereocenters. The number of aromatic nitrogens is 1. The zero-order valence-electron chi connectivity index (χ0n) is 10.4. The Kier molecular flexibility index (Phi) is 3.37.